The van der Waals surface area contributed by atoms with Crippen LogP contribution in [0.2, 0.25) is 0 Å². The van der Waals surface area contributed by atoms with Crippen LogP contribution < -0.4 is 5.32 Å². The highest BCUT2D eigenvalue weighted by atomic mass is 16.6. The minimum Gasteiger partial charge on any atom is -0.444 e. The van der Waals surface area contributed by atoms with Crippen LogP contribution in [0, 0.1) is 0 Å². The molecule has 0 bridgehead atoms. The van der Waals surface area contributed by atoms with Gasteiger partial charge in [0.1, 0.15) is 11.2 Å². The van der Waals surface area contributed by atoms with E-state index in [1.807, 2.05) is 20.8 Å². The zero-order valence-electron chi connectivity index (χ0n) is 11.8. The van der Waals surface area contributed by atoms with E-state index in [4.69, 9.17) is 9.47 Å². The van der Waals surface area contributed by atoms with E-state index >= 15 is 0 Å². The Morgan fingerprint density at radius 2 is 2.22 bits per heavy atom. The number of rotatable bonds is 0. The van der Waals surface area contributed by atoms with Crippen LogP contribution in [-0.2, 0) is 9.47 Å². The van der Waals surface area contributed by atoms with Gasteiger partial charge in [-0.15, -0.1) is 0 Å². The second-order valence-corrected chi connectivity index (χ2v) is 6.39. The average Bonchev–Trinajstić information content (AvgIpc) is 2.59. The summed E-state index contributed by atoms with van der Waals surface area (Å²) in [5.41, 5.74) is -0.652. The molecule has 18 heavy (non-hydrogen) atoms. The summed E-state index contributed by atoms with van der Waals surface area (Å²) in [6.45, 7) is 10.8. The highest BCUT2D eigenvalue weighted by Crippen LogP contribution is 2.29. The molecule has 2 aliphatic heterocycles. The Hall–Kier alpha value is -0.810. The maximum absolute atomic E-state index is 12.0. The number of ether oxygens (including phenoxy) is 2. The minimum atomic E-state index is -0.439. The van der Waals surface area contributed by atoms with Crippen molar-refractivity contribution in [1.82, 2.24) is 10.2 Å². The van der Waals surface area contributed by atoms with Crippen LogP contribution in [0.3, 0.4) is 0 Å². The van der Waals surface area contributed by atoms with Crippen molar-refractivity contribution in [2.24, 2.45) is 0 Å². The summed E-state index contributed by atoms with van der Waals surface area (Å²) in [5.74, 6) is 0. The topological polar surface area (TPSA) is 50.8 Å². The second-order valence-electron chi connectivity index (χ2n) is 6.39. The monoisotopic (exact) mass is 256 g/mol. The highest BCUT2D eigenvalue weighted by Gasteiger charge is 2.44. The standard InChI is InChI=1S/C13H24N2O3/c1-10-7-14-8-13(17-10)5-6-15(9-13)11(16)18-12(2,3)4/h10,14H,5-9H2,1-4H3. The zero-order valence-corrected chi connectivity index (χ0v) is 11.8. The van der Waals surface area contributed by atoms with Gasteiger partial charge in [0.2, 0.25) is 0 Å². The van der Waals surface area contributed by atoms with Gasteiger partial charge in [0, 0.05) is 19.6 Å². The van der Waals surface area contributed by atoms with Crippen LogP contribution in [0.5, 0.6) is 0 Å². The molecule has 1 N–H and O–H groups in total. The van der Waals surface area contributed by atoms with Gasteiger partial charge in [-0.1, -0.05) is 0 Å². The lowest BCUT2D eigenvalue weighted by Gasteiger charge is -2.37. The molecule has 104 valence electrons. The van der Waals surface area contributed by atoms with E-state index in [2.05, 4.69) is 12.2 Å². The number of nitrogens with zero attached hydrogens (tertiary/aromatic N) is 1. The van der Waals surface area contributed by atoms with E-state index in [1.165, 1.54) is 0 Å². The van der Waals surface area contributed by atoms with E-state index in [-0.39, 0.29) is 17.8 Å². The molecule has 2 rings (SSSR count). The van der Waals surface area contributed by atoms with Gasteiger partial charge in [-0.05, 0) is 34.1 Å². The number of carbonyl (C=O) groups excluding carboxylic acids is 1. The van der Waals surface area contributed by atoms with Crippen molar-refractivity contribution in [3.8, 4) is 0 Å². The lowest BCUT2D eigenvalue weighted by Crippen LogP contribution is -2.54. The Morgan fingerprint density at radius 3 is 2.83 bits per heavy atom. The van der Waals surface area contributed by atoms with Crippen molar-refractivity contribution in [2.45, 2.75) is 51.4 Å². The largest absolute Gasteiger partial charge is 0.444 e. The fourth-order valence-corrected chi connectivity index (χ4v) is 2.58. The number of carbonyl (C=O) groups is 1. The van der Waals surface area contributed by atoms with Crippen molar-refractivity contribution < 1.29 is 14.3 Å². The van der Waals surface area contributed by atoms with Crippen LogP contribution in [0.15, 0.2) is 0 Å². The lowest BCUT2D eigenvalue weighted by atomic mass is 10.0. The highest BCUT2D eigenvalue weighted by molar-refractivity contribution is 5.68. The van der Waals surface area contributed by atoms with Crippen LogP contribution in [-0.4, -0.2) is 54.5 Å². The molecule has 0 aliphatic carbocycles. The Bertz CT molecular complexity index is 327. The maximum Gasteiger partial charge on any atom is 0.410 e. The molecule has 5 heteroatoms. The van der Waals surface area contributed by atoms with Gasteiger partial charge < -0.3 is 19.7 Å². The third kappa shape index (κ3) is 3.14. The summed E-state index contributed by atoms with van der Waals surface area (Å²) in [5, 5.41) is 3.37. The predicted molar refractivity (Wildman–Crippen MR) is 68.6 cm³/mol. The van der Waals surface area contributed by atoms with E-state index in [9.17, 15) is 4.79 Å². The molecule has 0 aromatic carbocycles. The molecular weight excluding hydrogens is 232 g/mol. The van der Waals surface area contributed by atoms with Gasteiger partial charge in [0.15, 0.2) is 0 Å². The Labute approximate surface area is 109 Å². The molecule has 2 saturated heterocycles. The van der Waals surface area contributed by atoms with Gasteiger partial charge >= 0.3 is 6.09 Å². The second kappa shape index (κ2) is 4.70. The number of amides is 1. The number of likely N-dealkylation sites (tertiary alicyclic amines) is 1. The fourth-order valence-electron chi connectivity index (χ4n) is 2.58. The third-order valence-corrected chi connectivity index (χ3v) is 3.30. The summed E-state index contributed by atoms with van der Waals surface area (Å²) < 4.78 is 11.4. The summed E-state index contributed by atoms with van der Waals surface area (Å²) in [4.78, 5) is 13.8. The number of hydrogen-bond acceptors (Lipinski definition) is 4. The van der Waals surface area contributed by atoms with Crippen molar-refractivity contribution in [3.05, 3.63) is 0 Å². The van der Waals surface area contributed by atoms with Gasteiger partial charge in [-0.2, -0.15) is 0 Å². The fraction of sp³-hybridized carbons (Fsp3) is 0.923. The van der Waals surface area contributed by atoms with Gasteiger partial charge in [-0.25, -0.2) is 4.79 Å². The molecule has 1 spiro atoms. The van der Waals surface area contributed by atoms with Crippen molar-refractivity contribution in [2.75, 3.05) is 26.2 Å². The molecule has 2 fully saturated rings. The Morgan fingerprint density at radius 1 is 1.50 bits per heavy atom. The van der Waals surface area contributed by atoms with Crippen molar-refractivity contribution in [3.63, 3.8) is 0 Å². The first-order valence-electron chi connectivity index (χ1n) is 6.66. The normalized spacial score (nSPS) is 32.9. The smallest absolute Gasteiger partial charge is 0.410 e. The molecule has 2 unspecified atom stereocenters. The Kier molecular flexibility index (Phi) is 3.56. The van der Waals surface area contributed by atoms with Gasteiger partial charge in [0.25, 0.3) is 0 Å². The summed E-state index contributed by atoms with van der Waals surface area (Å²) >= 11 is 0. The molecular formula is C13H24N2O3. The molecule has 5 nitrogen and oxygen atoms in total. The van der Waals surface area contributed by atoms with Crippen LogP contribution >= 0.6 is 0 Å². The van der Waals surface area contributed by atoms with E-state index in [0.717, 1.165) is 19.5 Å². The molecule has 0 radical (unpaired) electrons. The van der Waals surface area contributed by atoms with E-state index < -0.39 is 5.60 Å². The number of nitrogens with one attached hydrogen (secondary N) is 1. The molecule has 1 amide bonds. The summed E-state index contributed by atoms with van der Waals surface area (Å²) in [6, 6.07) is 0. The van der Waals surface area contributed by atoms with Crippen LogP contribution in [0.4, 0.5) is 4.79 Å². The zero-order chi connectivity index (χ0) is 13.4. The quantitative estimate of drug-likeness (QED) is 0.711. The first kappa shape index (κ1) is 13.6. The van der Waals surface area contributed by atoms with E-state index in [1.54, 1.807) is 4.90 Å². The Balaban J connectivity index is 1.93. The first-order valence-corrected chi connectivity index (χ1v) is 6.66. The minimum absolute atomic E-state index is 0.206. The van der Waals surface area contributed by atoms with Crippen molar-refractivity contribution in [1.29, 1.82) is 0 Å². The lowest BCUT2D eigenvalue weighted by molar-refractivity contribution is -0.101. The maximum atomic E-state index is 12.0. The number of hydrogen-bond donors (Lipinski definition) is 1. The molecule has 2 aliphatic rings. The van der Waals surface area contributed by atoms with Gasteiger partial charge in [-0.3, -0.25) is 0 Å². The SMILES string of the molecule is CC1CNCC2(CCN(C(=O)OC(C)(C)C)C2)O1. The summed E-state index contributed by atoms with van der Waals surface area (Å²) in [6.07, 6.45) is 0.849. The van der Waals surface area contributed by atoms with Crippen LogP contribution in [0.1, 0.15) is 34.1 Å². The first-order chi connectivity index (χ1) is 8.30. The predicted octanol–water partition coefficient (Wildman–Crippen LogP) is 1.37. The van der Waals surface area contributed by atoms with Crippen LogP contribution in [0.25, 0.3) is 0 Å². The molecule has 2 heterocycles. The van der Waals surface area contributed by atoms with E-state index in [0.29, 0.717) is 13.1 Å². The van der Waals surface area contributed by atoms with Crippen molar-refractivity contribution >= 4 is 6.09 Å². The molecule has 0 aromatic heterocycles. The molecule has 0 aromatic rings. The molecule has 0 saturated carbocycles. The molecule has 2 atom stereocenters. The van der Waals surface area contributed by atoms with Gasteiger partial charge in [0.05, 0.1) is 12.6 Å². The summed E-state index contributed by atoms with van der Waals surface area (Å²) in [7, 11) is 0. The number of morpholine rings is 1. The average molecular weight is 256 g/mol. The third-order valence-electron chi connectivity index (χ3n) is 3.30.